The Morgan fingerprint density at radius 1 is 1.24 bits per heavy atom. The van der Waals surface area contributed by atoms with Crippen LogP contribution in [0.5, 0.6) is 0 Å². The molecule has 0 aromatic carbocycles. The van der Waals surface area contributed by atoms with Gasteiger partial charge in [-0.05, 0) is 19.2 Å². The molecule has 0 N–H and O–H groups in total. The third-order valence-corrected chi connectivity index (χ3v) is 4.07. The van der Waals surface area contributed by atoms with Crippen molar-refractivity contribution in [3.05, 3.63) is 18.3 Å². The summed E-state index contributed by atoms with van der Waals surface area (Å²) in [5.74, 6) is 0.586. The molecule has 1 saturated heterocycles. The maximum Gasteiger partial charge on any atom is 0.179 e. The summed E-state index contributed by atoms with van der Waals surface area (Å²) >= 11 is 0. The van der Waals surface area contributed by atoms with Crippen LogP contribution in [0.3, 0.4) is 0 Å². The Hall–Kier alpha value is -1.14. The first-order valence-corrected chi connectivity index (χ1v) is 7.46. The quantitative estimate of drug-likeness (QED) is 0.757. The van der Waals surface area contributed by atoms with Gasteiger partial charge in [0, 0.05) is 38.6 Å². The van der Waals surface area contributed by atoms with Crippen molar-refractivity contribution in [2.75, 3.05) is 44.4 Å². The first kappa shape index (κ1) is 12.3. The van der Waals surface area contributed by atoms with E-state index >= 15 is 0 Å². The van der Waals surface area contributed by atoms with Crippen molar-refractivity contribution >= 4 is 15.7 Å². The molecule has 0 radical (unpaired) electrons. The summed E-state index contributed by atoms with van der Waals surface area (Å²) in [5.41, 5.74) is 0. The van der Waals surface area contributed by atoms with E-state index in [0.717, 1.165) is 26.2 Å². The molecule has 94 valence electrons. The fourth-order valence-corrected chi connectivity index (χ4v) is 2.77. The second kappa shape index (κ2) is 4.62. The van der Waals surface area contributed by atoms with Gasteiger partial charge in [-0.1, -0.05) is 0 Å². The van der Waals surface area contributed by atoms with Crippen LogP contribution in [0.2, 0.25) is 0 Å². The highest BCUT2D eigenvalue weighted by atomic mass is 32.2. The number of rotatable bonds is 2. The van der Waals surface area contributed by atoms with Crippen LogP contribution in [0.25, 0.3) is 0 Å². The average molecular weight is 255 g/mol. The first-order valence-electron chi connectivity index (χ1n) is 5.57. The normalized spacial score (nSPS) is 18.4. The van der Waals surface area contributed by atoms with Gasteiger partial charge in [0.15, 0.2) is 9.84 Å². The summed E-state index contributed by atoms with van der Waals surface area (Å²) in [6.45, 7) is 3.49. The highest BCUT2D eigenvalue weighted by Crippen LogP contribution is 2.22. The molecular weight excluding hydrogens is 238 g/mol. The number of pyridine rings is 1. The van der Waals surface area contributed by atoms with Gasteiger partial charge >= 0.3 is 0 Å². The van der Waals surface area contributed by atoms with Crippen molar-refractivity contribution < 1.29 is 8.42 Å². The summed E-state index contributed by atoms with van der Waals surface area (Å²) in [6.07, 6.45) is 2.87. The fourth-order valence-electron chi connectivity index (χ4n) is 1.93. The van der Waals surface area contributed by atoms with Crippen molar-refractivity contribution in [3.8, 4) is 0 Å². The molecule has 1 fully saturated rings. The Labute approximate surface area is 102 Å². The molecule has 1 aliphatic rings. The number of aromatic nitrogens is 1. The largest absolute Gasteiger partial charge is 0.353 e. The monoisotopic (exact) mass is 255 g/mol. The number of hydrogen-bond acceptors (Lipinski definition) is 5. The summed E-state index contributed by atoms with van der Waals surface area (Å²) in [7, 11) is -1.15. The van der Waals surface area contributed by atoms with E-state index in [1.165, 1.54) is 6.26 Å². The zero-order valence-corrected chi connectivity index (χ0v) is 10.9. The number of likely N-dealkylation sites (N-methyl/N-ethyl adjacent to an activating group) is 1. The van der Waals surface area contributed by atoms with Crippen molar-refractivity contribution in [3.63, 3.8) is 0 Å². The summed E-state index contributed by atoms with van der Waals surface area (Å²) in [6, 6.07) is 3.28. The smallest absolute Gasteiger partial charge is 0.179 e. The molecule has 1 aromatic heterocycles. The minimum Gasteiger partial charge on any atom is -0.353 e. The zero-order valence-electron chi connectivity index (χ0n) is 10.1. The Morgan fingerprint density at radius 3 is 2.47 bits per heavy atom. The lowest BCUT2D eigenvalue weighted by molar-refractivity contribution is 0.311. The van der Waals surface area contributed by atoms with Gasteiger partial charge in [-0.2, -0.15) is 0 Å². The van der Waals surface area contributed by atoms with Crippen LogP contribution in [0.4, 0.5) is 5.82 Å². The zero-order chi connectivity index (χ0) is 12.5. The predicted molar refractivity (Wildman–Crippen MR) is 67.1 cm³/mol. The highest BCUT2D eigenvalue weighted by molar-refractivity contribution is 7.90. The molecule has 17 heavy (non-hydrogen) atoms. The molecule has 2 rings (SSSR count). The van der Waals surface area contributed by atoms with Gasteiger partial charge in [-0.15, -0.1) is 0 Å². The van der Waals surface area contributed by atoms with Gasteiger partial charge < -0.3 is 9.80 Å². The van der Waals surface area contributed by atoms with Crippen LogP contribution in [0.1, 0.15) is 0 Å². The van der Waals surface area contributed by atoms with Crippen LogP contribution < -0.4 is 4.90 Å². The number of hydrogen-bond donors (Lipinski definition) is 0. The van der Waals surface area contributed by atoms with E-state index in [-0.39, 0.29) is 0 Å². The average Bonchev–Trinajstić information content (AvgIpc) is 2.29. The SMILES string of the molecule is CN1CCN(c2ncccc2S(C)(=O)=O)CC1. The van der Waals surface area contributed by atoms with Crippen LogP contribution in [-0.4, -0.2) is 57.8 Å². The summed E-state index contributed by atoms with van der Waals surface area (Å²) in [5, 5.41) is 0. The molecule has 6 heteroatoms. The van der Waals surface area contributed by atoms with Gasteiger partial charge in [0.1, 0.15) is 10.7 Å². The molecule has 5 nitrogen and oxygen atoms in total. The summed E-state index contributed by atoms with van der Waals surface area (Å²) in [4.78, 5) is 8.81. The van der Waals surface area contributed by atoms with Crippen LogP contribution in [0, 0.1) is 0 Å². The molecule has 0 aliphatic carbocycles. The molecule has 0 bridgehead atoms. The van der Waals surface area contributed by atoms with E-state index in [2.05, 4.69) is 16.9 Å². The second-order valence-corrected chi connectivity index (χ2v) is 6.37. The Morgan fingerprint density at radius 2 is 1.88 bits per heavy atom. The van der Waals surface area contributed by atoms with Crippen molar-refractivity contribution in [1.82, 2.24) is 9.88 Å². The standard InChI is InChI=1S/C11H17N3O2S/c1-13-6-8-14(9-7-13)11-10(17(2,15)16)4-3-5-12-11/h3-5H,6-9H2,1-2H3. The number of nitrogens with zero attached hydrogens (tertiary/aromatic N) is 3. The Kier molecular flexibility index (Phi) is 3.35. The summed E-state index contributed by atoms with van der Waals surface area (Å²) < 4.78 is 23.4. The van der Waals surface area contributed by atoms with Crippen LogP contribution in [-0.2, 0) is 9.84 Å². The molecule has 0 atom stereocenters. The molecule has 1 aromatic rings. The van der Waals surface area contributed by atoms with E-state index in [1.807, 2.05) is 4.90 Å². The van der Waals surface area contributed by atoms with Gasteiger partial charge in [0.25, 0.3) is 0 Å². The van der Waals surface area contributed by atoms with Crippen molar-refractivity contribution in [2.45, 2.75) is 4.90 Å². The second-order valence-electron chi connectivity index (χ2n) is 4.39. The minimum atomic E-state index is -3.21. The molecule has 0 saturated carbocycles. The lowest BCUT2D eigenvalue weighted by Crippen LogP contribution is -2.45. The molecule has 0 amide bonds. The molecule has 0 unspecified atom stereocenters. The number of sulfone groups is 1. The van der Waals surface area contributed by atoms with Gasteiger partial charge in [0.2, 0.25) is 0 Å². The maximum atomic E-state index is 11.7. The third kappa shape index (κ3) is 2.76. The predicted octanol–water partition coefficient (Wildman–Crippen LogP) is 0.237. The Balaban J connectivity index is 2.33. The first-order chi connectivity index (χ1) is 7.98. The number of anilines is 1. The van der Waals surface area contributed by atoms with E-state index in [4.69, 9.17) is 0 Å². The molecule has 2 heterocycles. The Bertz CT molecular complexity index is 493. The fraction of sp³-hybridized carbons (Fsp3) is 0.545. The van der Waals surface area contributed by atoms with E-state index in [9.17, 15) is 8.42 Å². The topological polar surface area (TPSA) is 53.5 Å². The van der Waals surface area contributed by atoms with E-state index < -0.39 is 9.84 Å². The van der Waals surface area contributed by atoms with Gasteiger partial charge in [-0.25, -0.2) is 13.4 Å². The van der Waals surface area contributed by atoms with E-state index in [0.29, 0.717) is 10.7 Å². The van der Waals surface area contributed by atoms with Crippen LogP contribution in [0.15, 0.2) is 23.2 Å². The van der Waals surface area contributed by atoms with Gasteiger partial charge in [-0.3, -0.25) is 0 Å². The highest BCUT2D eigenvalue weighted by Gasteiger charge is 2.21. The third-order valence-electron chi connectivity index (χ3n) is 2.95. The van der Waals surface area contributed by atoms with Gasteiger partial charge in [0.05, 0.1) is 0 Å². The molecule has 1 aliphatic heterocycles. The number of piperazine rings is 1. The maximum absolute atomic E-state index is 11.7. The lowest BCUT2D eigenvalue weighted by Gasteiger charge is -2.33. The van der Waals surface area contributed by atoms with E-state index in [1.54, 1.807) is 18.3 Å². The molecular formula is C11H17N3O2S. The lowest BCUT2D eigenvalue weighted by atomic mass is 10.3. The van der Waals surface area contributed by atoms with Crippen molar-refractivity contribution in [1.29, 1.82) is 0 Å². The molecule has 0 spiro atoms. The van der Waals surface area contributed by atoms with Crippen molar-refractivity contribution in [2.24, 2.45) is 0 Å². The van der Waals surface area contributed by atoms with Crippen LogP contribution >= 0.6 is 0 Å². The minimum absolute atomic E-state index is 0.324.